The van der Waals surface area contributed by atoms with E-state index in [0.717, 1.165) is 38.5 Å². The van der Waals surface area contributed by atoms with Gasteiger partial charge in [-0.2, -0.15) is 0 Å². The van der Waals surface area contributed by atoms with Gasteiger partial charge in [0.05, 0.1) is 12.9 Å². The highest BCUT2D eigenvalue weighted by molar-refractivity contribution is 7.51. The maximum atomic E-state index is 12.4. The van der Waals surface area contributed by atoms with Gasteiger partial charge < -0.3 is 24.4 Å². The van der Waals surface area contributed by atoms with E-state index in [4.69, 9.17) is 14.5 Å². The number of hydrogen-bond acceptors (Lipinski definition) is 6. The fourth-order valence-corrected chi connectivity index (χ4v) is 3.90. The molecule has 0 radical (unpaired) electrons. The zero-order chi connectivity index (χ0) is 29.6. The molecule has 2 heterocycles. The minimum absolute atomic E-state index is 0.0776. The second kappa shape index (κ2) is 20.4. The summed E-state index contributed by atoms with van der Waals surface area (Å²) in [5.74, 6) is 0.140. The minimum Gasteiger partial charge on any atom is -0.367 e. The van der Waals surface area contributed by atoms with Crippen LogP contribution in [0, 0.1) is 0 Å². The van der Waals surface area contributed by atoms with Crippen LogP contribution < -0.4 is 5.32 Å². The van der Waals surface area contributed by atoms with E-state index in [1.807, 2.05) is 12.2 Å². The summed E-state index contributed by atoms with van der Waals surface area (Å²) < 4.78 is 17.5. The van der Waals surface area contributed by atoms with Crippen molar-refractivity contribution in [2.75, 3.05) is 18.3 Å². The maximum Gasteiger partial charge on any atom is 0.350 e. The van der Waals surface area contributed by atoms with E-state index in [-0.39, 0.29) is 12.5 Å². The number of aromatic nitrogens is 4. The molecule has 1 amide bonds. The van der Waals surface area contributed by atoms with Gasteiger partial charge in [-0.1, -0.05) is 79.8 Å². The molecule has 2 aromatic heterocycles. The number of fused-ring (bicyclic) bond motifs is 1. The highest BCUT2D eigenvalue weighted by atomic mass is 31.2. The van der Waals surface area contributed by atoms with Crippen LogP contribution in [0.1, 0.15) is 58.3 Å². The van der Waals surface area contributed by atoms with Crippen LogP contribution in [0.5, 0.6) is 0 Å². The number of nitrogens with zero attached hydrogens (tertiary/aromatic N) is 4. The molecule has 10 nitrogen and oxygen atoms in total. The molecule has 0 aliphatic carbocycles. The van der Waals surface area contributed by atoms with Gasteiger partial charge in [0.2, 0.25) is 5.91 Å². The molecule has 11 heteroatoms. The average molecular weight is 584 g/mol. The Bertz CT molecular complexity index is 1270. The molecule has 0 fully saturated rings. The minimum atomic E-state index is -4.21. The number of ether oxygens (including phenoxy) is 1. The molecule has 0 aliphatic rings. The number of carbonyl (C=O) groups is 1. The van der Waals surface area contributed by atoms with Gasteiger partial charge in [0.15, 0.2) is 17.0 Å². The molecule has 0 unspecified atom stereocenters. The maximum absolute atomic E-state index is 12.4. The molecule has 0 aliphatic heterocycles. The molecular formula is C30H42N5O5P. The van der Waals surface area contributed by atoms with Gasteiger partial charge in [-0.25, -0.2) is 15.0 Å². The molecule has 0 aromatic carbocycles. The van der Waals surface area contributed by atoms with Crippen LogP contribution in [0.2, 0.25) is 0 Å². The number of amides is 1. The van der Waals surface area contributed by atoms with Crippen LogP contribution in [0.15, 0.2) is 85.6 Å². The molecule has 3 N–H and O–H groups in total. The van der Waals surface area contributed by atoms with Gasteiger partial charge in [-0.3, -0.25) is 9.36 Å². The Kier molecular flexibility index (Phi) is 16.8. The van der Waals surface area contributed by atoms with Crippen LogP contribution in [0.3, 0.4) is 0 Å². The molecule has 41 heavy (non-hydrogen) atoms. The lowest BCUT2D eigenvalue weighted by molar-refractivity contribution is -0.116. The van der Waals surface area contributed by atoms with Crippen molar-refractivity contribution in [3.63, 3.8) is 0 Å². The van der Waals surface area contributed by atoms with Gasteiger partial charge in [-0.05, 0) is 44.9 Å². The van der Waals surface area contributed by atoms with Crippen molar-refractivity contribution in [1.82, 2.24) is 19.5 Å². The lowest BCUT2D eigenvalue weighted by Gasteiger charge is -2.07. The number of allylic oxidation sites excluding steroid dienone is 12. The highest BCUT2D eigenvalue weighted by Gasteiger charge is 2.14. The van der Waals surface area contributed by atoms with Crippen molar-refractivity contribution < 1.29 is 23.9 Å². The lowest BCUT2D eigenvalue weighted by Crippen LogP contribution is -2.13. The first kappa shape index (κ1) is 33.8. The first-order valence-corrected chi connectivity index (χ1v) is 15.7. The van der Waals surface area contributed by atoms with Crippen LogP contribution in [0.4, 0.5) is 5.82 Å². The predicted octanol–water partition coefficient (Wildman–Crippen LogP) is 6.39. The monoisotopic (exact) mass is 583 g/mol. The fourth-order valence-electron chi connectivity index (χ4n) is 3.53. The van der Waals surface area contributed by atoms with Crippen LogP contribution in [-0.4, -0.2) is 48.2 Å². The third-order valence-corrected chi connectivity index (χ3v) is 6.05. The second-order valence-electron chi connectivity index (χ2n) is 9.04. The Hall–Kier alpha value is -3.43. The van der Waals surface area contributed by atoms with Crippen molar-refractivity contribution in [2.45, 2.75) is 64.8 Å². The zero-order valence-corrected chi connectivity index (χ0v) is 24.6. The van der Waals surface area contributed by atoms with Gasteiger partial charge in [-0.15, -0.1) is 0 Å². The summed E-state index contributed by atoms with van der Waals surface area (Å²) in [7, 11) is -4.21. The molecule has 0 spiro atoms. The Morgan fingerprint density at radius 3 is 2.00 bits per heavy atom. The summed E-state index contributed by atoms with van der Waals surface area (Å²) in [5, 5.41) is 2.78. The number of nitrogens with one attached hydrogen (secondary N) is 1. The topological polar surface area (TPSA) is 139 Å². The number of anilines is 1. The Morgan fingerprint density at radius 2 is 1.44 bits per heavy atom. The van der Waals surface area contributed by atoms with Crippen molar-refractivity contribution in [3.05, 3.63) is 85.6 Å². The third kappa shape index (κ3) is 15.8. The standard InChI is InChI=1S/C30H42N5O5P/c1-2-3-4-5-6-7-8-9-10-11-12-13-14-15-16-17-18-19-20-21-27(36)34-29-28-30(32-24-31-29)35(25-33-28)22-23-40-26-41(37,38)39/h3-4,6-7,9-10,12-13,15-16,18-19,24-25H,2,5,8,11,14,17,20-23,26H2,1H3,(H2,37,38,39)(H,31,32,34,36)/b4-3-,7-6-,10-9-,13-12-,16-15-,19-18-. The molecule has 0 bridgehead atoms. The SMILES string of the molecule is CC/C=C\C/C=C\C/C=C\C/C=C\C/C=C\C/C=C\CCC(=O)Nc1ncnc2c1ncn2CCOCP(=O)(O)O. The average Bonchev–Trinajstić information content (AvgIpc) is 3.36. The van der Waals surface area contributed by atoms with E-state index >= 15 is 0 Å². The smallest absolute Gasteiger partial charge is 0.350 e. The van der Waals surface area contributed by atoms with Crippen molar-refractivity contribution >= 4 is 30.5 Å². The van der Waals surface area contributed by atoms with Crippen molar-refractivity contribution in [2.24, 2.45) is 0 Å². The quantitative estimate of drug-likeness (QED) is 0.0925. The molecule has 222 valence electrons. The summed E-state index contributed by atoms with van der Waals surface area (Å²) in [6.07, 6.45) is 34.6. The number of rotatable bonds is 20. The largest absolute Gasteiger partial charge is 0.367 e. The van der Waals surface area contributed by atoms with Crippen LogP contribution in [-0.2, 0) is 20.6 Å². The Labute approximate surface area is 242 Å². The van der Waals surface area contributed by atoms with E-state index in [2.05, 4.69) is 88.0 Å². The summed E-state index contributed by atoms with van der Waals surface area (Å²) in [5.41, 5.74) is 0.928. The fraction of sp³-hybridized carbons (Fsp3) is 0.400. The third-order valence-electron chi connectivity index (χ3n) is 5.53. The summed E-state index contributed by atoms with van der Waals surface area (Å²) in [4.78, 5) is 42.7. The first-order valence-electron chi connectivity index (χ1n) is 13.9. The van der Waals surface area contributed by atoms with Crippen LogP contribution >= 0.6 is 7.60 Å². The molecule has 0 saturated heterocycles. The zero-order valence-electron chi connectivity index (χ0n) is 23.7. The van der Waals surface area contributed by atoms with E-state index in [0.29, 0.717) is 36.4 Å². The normalized spacial score (nSPS) is 13.0. The molecule has 2 aromatic rings. The van der Waals surface area contributed by atoms with E-state index < -0.39 is 13.9 Å². The molecule has 0 atom stereocenters. The predicted molar refractivity (Wildman–Crippen MR) is 164 cm³/mol. The lowest BCUT2D eigenvalue weighted by atomic mass is 10.2. The molecule has 0 saturated carbocycles. The van der Waals surface area contributed by atoms with Crippen LogP contribution in [0.25, 0.3) is 11.2 Å². The van der Waals surface area contributed by atoms with Crippen molar-refractivity contribution in [3.8, 4) is 0 Å². The van der Waals surface area contributed by atoms with Gasteiger partial charge >= 0.3 is 7.60 Å². The van der Waals surface area contributed by atoms with Gasteiger partial charge in [0, 0.05) is 13.0 Å². The molecule has 2 rings (SSSR count). The molecular weight excluding hydrogens is 541 g/mol. The Morgan fingerprint density at radius 1 is 0.878 bits per heavy atom. The van der Waals surface area contributed by atoms with Gasteiger partial charge in [0.25, 0.3) is 0 Å². The number of carbonyl (C=O) groups excluding carboxylic acids is 1. The first-order chi connectivity index (χ1) is 19.9. The summed E-state index contributed by atoms with van der Waals surface area (Å²) >= 11 is 0. The van der Waals surface area contributed by atoms with E-state index in [1.54, 1.807) is 4.57 Å². The van der Waals surface area contributed by atoms with Gasteiger partial charge in [0.1, 0.15) is 12.7 Å². The van der Waals surface area contributed by atoms with E-state index in [1.165, 1.54) is 12.7 Å². The summed E-state index contributed by atoms with van der Waals surface area (Å²) in [6.45, 7) is 2.51. The second-order valence-corrected chi connectivity index (χ2v) is 10.6. The van der Waals surface area contributed by atoms with Crippen molar-refractivity contribution in [1.29, 1.82) is 0 Å². The number of imidazole rings is 1. The summed E-state index contributed by atoms with van der Waals surface area (Å²) in [6, 6.07) is 0. The Balaban J connectivity index is 1.60. The van der Waals surface area contributed by atoms with E-state index in [9.17, 15) is 9.36 Å². The number of hydrogen-bond donors (Lipinski definition) is 3. The highest BCUT2D eigenvalue weighted by Crippen LogP contribution is 2.33.